The van der Waals surface area contributed by atoms with Crippen molar-refractivity contribution in [3.8, 4) is 0 Å². The molecule has 0 unspecified atom stereocenters. The Hall–Kier alpha value is -0.830. The molecule has 3 nitrogen and oxygen atoms in total. The minimum atomic E-state index is 0.0585. The molecule has 2 N–H and O–H groups in total. The van der Waals surface area contributed by atoms with Crippen molar-refractivity contribution in [1.29, 1.82) is 0 Å². The van der Waals surface area contributed by atoms with Crippen LogP contribution in [0.1, 0.15) is 51.9 Å². The van der Waals surface area contributed by atoms with E-state index in [4.69, 9.17) is 0 Å². The van der Waals surface area contributed by atoms with Gasteiger partial charge < -0.3 is 10.6 Å². The maximum absolute atomic E-state index is 11.9. The molecule has 0 saturated heterocycles. The Labute approximate surface area is 105 Å². The summed E-state index contributed by atoms with van der Waals surface area (Å²) < 4.78 is 0. The molecule has 0 aromatic carbocycles. The van der Waals surface area contributed by atoms with E-state index < -0.39 is 0 Å². The lowest BCUT2D eigenvalue weighted by Gasteiger charge is -2.36. The van der Waals surface area contributed by atoms with Gasteiger partial charge in [0.1, 0.15) is 0 Å². The maximum Gasteiger partial charge on any atom is 0.221 e. The highest BCUT2D eigenvalue weighted by atomic mass is 16.1. The third-order valence-corrected chi connectivity index (χ3v) is 3.71. The smallest absolute Gasteiger partial charge is 0.221 e. The second kappa shape index (κ2) is 7.49. The molecule has 1 rings (SSSR count). The van der Waals surface area contributed by atoms with Gasteiger partial charge in [0, 0.05) is 18.5 Å². The summed E-state index contributed by atoms with van der Waals surface area (Å²) in [6.07, 6.45) is 11.7. The Bertz CT molecular complexity index is 255. The standard InChI is InChI=1S/C14H26N2O/c1-3-4-8-11-16-13(17)12-14(15-2)9-6-5-7-10-14/h3-4,15H,5-12H2,1-2H3,(H,16,17)/b4-3+. The molecule has 1 aliphatic carbocycles. The van der Waals surface area contributed by atoms with Crippen LogP contribution in [0.3, 0.4) is 0 Å². The lowest BCUT2D eigenvalue weighted by Crippen LogP contribution is -2.48. The van der Waals surface area contributed by atoms with E-state index in [2.05, 4.69) is 16.7 Å². The summed E-state index contributed by atoms with van der Waals surface area (Å²) in [6, 6.07) is 0. The van der Waals surface area contributed by atoms with Crippen LogP contribution in [0.5, 0.6) is 0 Å². The highest BCUT2D eigenvalue weighted by Crippen LogP contribution is 2.30. The minimum Gasteiger partial charge on any atom is -0.356 e. The monoisotopic (exact) mass is 238 g/mol. The first kappa shape index (κ1) is 14.2. The molecule has 0 atom stereocenters. The van der Waals surface area contributed by atoms with Gasteiger partial charge in [0.2, 0.25) is 5.91 Å². The zero-order chi connectivity index (χ0) is 12.6. The van der Waals surface area contributed by atoms with Crippen molar-refractivity contribution in [2.75, 3.05) is 13.6 Å². The number of amides is 1. The maximum atomic E-state index is 11.9. The van der Waals surface area contributed by atoms with E-state index in [9.17, 15) is 4.79 Å². The van der Waals surface area contributed by atoms with Gasteiger partial charge in [-0.05, 0) is 33.2 Å². The normalized spacial score (nSPS) is 19.4. The molecule has 1 fully saturated rings. The number of rotatable bonds is 6. The van der Waals surface area contributed by atoms with Crippen LogP contribution in [0, 0.1) is 0 Å². The molecule has 0 aromatic rings. The number of nitrogens with one attached hydrogen (secondary N) is 2. The predicted octanol–water partition coefficient (Wildman–Crippen LogP) is 2.38. The lowest BCUT2D eigenvalue weighted by atomic mass is 9.79. The Morgan fingerprint density at radius 1 is 1.29 bits per heavy atom. The summed E-state index contributed by atoms with van der Waals surface area (Å²) in [4.78, 5) is 11.9. The average molecular weight is 238 g/mol. The van der Waals surface area contributed by atoms with Crippen LogP contribution in [-0.4, -0.2) is 25.0 Å². The van der Waals surface area contributed by atoms with E-state index in [0.29, 0.717) is 6.42 Å². The molecular formula is C14H26N2O. The fourth-order valence-corrected chi connectivity index (χ4v) is 2.58. The van der Waals surface area contributed by atoms with E-state index in [1.54, 1.807) is 0 Å². The van der Waals surface area contributed by atoms with Gasteiger partial charge in [-0.1, -0.05) is 31.4 Å². The fraction of sp³-hybridized carbons (Fsp3) is 0.786. The van der Waals surface area contributed by atoms with Crippen molar-refractivity contribution in [3.63, 3.8) is 0 Å². The zero-order valence-electron chi connectivity index (χ0n) is 11.2. The molecule has 98 valence electrons. The molecule has 3 heteroatoms. The van der Waals surface area contributed by atoms with Crippen LogP contribution in [0.25, 0.3) is 0 Å². The van der Waals surface area contributed by atoms with Crippen LogP contribution in [0.4, 0.5) is 0 Å². The van der Waals surface area contributed by atoms with E-state index in [1.165, 1.54) is 19.3 Å². The third-order valence-electron chi connectivity index (χ3n) is 3.71. The van der Waals surface area contributed by atoms with Crippen molar-refractivity contribution in [2.24, 2.45) is 0 Å². The molecule has 0 aromatic heterocycles. The van der Waals surface area contributed by atoms with Crippen molar-refractivity contribution < 1.29 is 4.79 Å². The number of carbonyl (C=O) groups excluding carboxylic acids is 1. The molecular weight excluding hydrogens is 212 g/mol. The first-order chi connectivity index (χ1) is 8.22. The second-order valence-corrected chi connectivity index (χ2v) is 4.98. The minimum absolute atomic E-state index is 0.0585. The van der Waals surface area contributed by atoms with Crippen molar-refractivity contribution in [3.05, 3.63) is 12.2 Å². The highest BCUT2D eigenvalue weighted by molar-refractivity contribution is 5.77. The topological polar surface area (TPSA) is 41.1 Å². The molecule has 0 bridgehead atoms. The van der Waals surface area contributed by atoms with Crippen LogP contribution < -0.4 is 10.6 Å². The number of carbonyl (C=O) groups is 1. The summed E-state index contributed by atoms with van der Waals surface area (Å²) >= 11 is 0. The molecule has 0 heterocycles. The van der Waals surface area contributed by atoms with Crippen LogP contribution >= 0.6 is 0 Å². The number of allylic oxidation sites excluding steroid dienone is 1. The van der Waals surface area contributed by atoms with Gasteiger partial charge in [0.05, 0.1) is 0 Å². The molecule has 0 spiro atoms. The number of hydrogen-bond acceptors (Lipinski definition) is 2. The van der Waals surface area contributed by atoms with Crippen LogP contribution in [0.15, 0.2) is 12.2 Å². The quantitative estimate of drug-likeness (QED) is 0.551. The second-order valence-electron chi connectivity index (χ2n) is 4.98. The average Bonchev–Trinajstić information content (AvgIpc) is 2.36. The highest BCUT2D eigenvalue weighted by Gasteiger charge is 2.32. The molecule has 1 amide bonds. The van der Waals surface area contributed by atoms with Crippen LogP contribution in [-0.2, 0) is 4.79 Å². The summed E-state index contributed by atoms with van der Waals surface area (Å²) in [5, 5.41) is 6.37. The van der Waals surface area contributed by atoms with Gasteiger partial charge in [-0.2, -0.15) is 0 Å². The molecule has 1 aliphatic rings. The van der Waals surface area contributed by atoms with Gasteiger partial charge in [0.25, 0.3) is 0 Å². The molecule has 1 saturated carbocycles. The Kier molecular flexibility index (Phi) is 6.27. The molecule has 0 aliphatic heterocycles. The zero-order valence-corrected chi connectivity index (χ0v) is 11.2. The van der Waals surface area contributed by atoms with Crippen molar-refractivity contribution in [2.45, 2.75) is 57.4 Å². The van der Waals surface area contributed by atoms with E-state index >= 15 is 0 Å². The summed E-state index contributed by atoms with van der Waals surface area (Å²) in [6.45, 7) is 2.75. The van der Waals surface area contributed by atoms with Gasteiger partial charge in [0.15, 0.2) is 0 Å². The number of hydrogen-bond donors (Lipinski definition) is 2. The van der Waals surface area contributed by atoms with Crippen molar-refractivity contribution in [1.82, 2.24) is 10.6 Å². The van der Waals surface area contributed by atoms with Gasteiger partial charge in [-0.15, -0.1) is 0 Å². The molecule has 17 heavy (non-hydrogen) atoms. The first-order valence-corrected chi connectivity index (χ1v) is 6.79. The third kappa shape index (κ3) is 4.90. The molecule has 0 radical (unpaired) electrons. The Morgan fingerprint density at radius 2 is 2.00 bits per heavy atom. The fourth-order valence-electron chi connectivity index (χ4n) is 2.58. The Balaban J connectivity index is 2.31. The van der Waals surface area contributed by atoms with E-state index in [-0.39, 0.29) is 11.4 Å². The van der Waals surface area contributed by atoms with E-state index in [0.717, 1.165) is 25.8 Å². The summed E-state index contributed by atoms with van der Waals surface area (Å²) in [5.74, 6) is 0.186. The Morgan fingerprint density at radius 3 is 2.59 bits per heavy atom. The van der Waals surface area contributed by atoms with Gasteiger partial charge >= 0.3 is 0 Å². The lowest BCUT2D eigenvalue weighted by molar-refractivity contribution is -0.122. The van der Waals surface area contributed by atoms with Crippen molar-refractivity contribution >= 4 is 5.91 Å². The van der Waals surface area contributed by atoms with Crippen LogP contribution in [0.2, 0.25) is 0 Å². The van der Waals surface area contributed by atoms with Gasteiger partial charge in [-0.25, -0.2) is 0 Å². The predicted molar refractivity (Wildman–Crippen MR) is 71.9 cm³/mol. The summed E-state index contributed by atoms with van der Waals surface area (Å²) in [5.41, 5.74) is 0.0585. The first-order valence-electron chi connectivity index (χ1n) is 6.79. The van der Waals surface area contributed by atoms with E-state index in [1.807, 2.05) is 20.0 Å². The SMILES string of the molecule is C/C=C/CCNC(=O)CC1(NC)CCCCC1. The largest absolute Gasteiger partial charge is 0.356 e. The van der Waals surface area contributed by atoms with Gasteiger partial charge in [-0.3, -0.25) is 4.79 Å². The summed E-state index contributed by atoms with van der Waals surface area (Å²) in [7, 11) is 1.98.